The zero-order chi connectivity index (χ0) is 22.2. The van der Waals surface area contributed by atoms with Crippen LogP contribution in [0.3, 0.4) is 0 Å². The van der Waals surface area contributed by atoms with Gasteiger partial charge in [-0.05, 0) is 58.4 Å². The average Bonchev–Trinajstić information content (AvgIpc) is 2.75. The predicted molar refractivity (Wildman–Crippen MR) is 121 cm³/mol. The van der Waals surface area contributed by atoms with E-state index in [9.17, 15) is 14.4 Å². The molecular formula is C22H15BrClN3O4. The average molecular weight is 501 g/mol. The molecule has 0 unspecified atom stereocenters. The number of halogens is 2. The zero-order valence-corrected chi connectivity index (χ0v) is 18.2. The standard InChI is InChI=1S/C22H15BrClN3O4/c23-18-10-3-2-9-17(18)22(30)31-19-11-4-1-6-14(19)13-25-27-21(29)20(28)26-16-8-5-7-15(24)12-16/h1-13H,(H,26,28)(H,27,29)/b25-13+. The first-order chi connectivity index (χ1) is 14.9. The molecule has 7 nitrogen and oxygen atoms in total. The number of rotatable bonds is 5. The first kappa shape index (κ1) is 22.2. The van der Waals surface area contributed by atoms with Crippen molar-refractivity contribution < 1.29 is 19.1 Å². The van der Waals surface area contributed by atoms with Crippen molar-refractivity contribution in [3.8, 4) is 5.75 Å². The minimum Gasteiger partial charge on any atom is -0.422 e. The molecule has 0 saturated carbocycles. The number of anilines is 1. The summed E-state index contributed by atoms with van der Waals surface area (Å²) < 4.78 is 6.04. The second-order valence-electron chi connectivity index (χ2n) is 6.07. The van der Waals surface area contributed by atoms with Crippen LogP contribution < -0.4 is 15.5 Å². The van der Waals surface area contributed by atoms with Gasteiger partial charge < -0.3 is 10.1 Å². The first-order valence-corrected chi connectivity index (χ1v) is 10.1. The number of carbonyl (C=O) groups is 3. The van der Waals surface area contributed by atoms with Gasteiger partial charge in [0, 0.05) is 20.7 Å². The summed E-state index contributed by atoms with van der Waals surface area (Å²) in [4.78, 5) is 36.3. The Morgan fingerprint density at radius 1 is 0.935 bits per heavy atom. The maximum Gasteiger partial charge on any atom is 0.344 e. The van der Waals surface area contributed by atoms with E-state index in [2.05, 4.69) is 31.8 Å². The molecule has 31 heavy (non-hydrogen) atoms. The van der Waals surface area contributed by atoms with Crippen molar-refractivity contribution in [3.05, 3.63) is 93.4 Å². The summed E-state index contributed by atoms with van der Waals surface area (Å²) in [6, 6.07) is 19.9. The predicted octanol–water partition coefficient (Wildman–Crippen LogP) is 4.41. The van der Waals surface area contributed by atoms with Gasteiger partial charge in [-0.2, -0.15) is 5.10 Å². The van der Waals surface area contributed by atoms with E-state index in [0.717, 1.165) is 0 Å². The Morgan fingerprint density at radius 3 is 2.45 bits per heavy atom. The molecule has 156 valence electrons. The highest BCUT2D eigenvalue weighted by molar-refractivity contribution is 9.10. The molecule has 3 aromatic rings. The van der Waals surface area contributed by atoms with Crippen LogP contribution in [-0.4, -0.2) is 24.0 Å². The normalized spacial score (nSPS) is 10.5. The molecule has 3 aromatic carbocycles. The summed E-state index contributed by atoms with van der Waals surface area (Å²) >= 11 is 9.15. The molecule has 0 aromatic heterocycles. The lowest BCUT2D eigenvalue weighted by Gasteiger charge is -2.08. The first-order valence-electron chi connectivity index (χ1n) is 8.90. The quantitative estimate of drug-likeness (QED) is 0.178. The van der Waals surface area contributed by atoms with Gasteiger partial charge in [0.1, 0.15) is 5.75 Å². The van der Waals surface area contributed by atoms with Crippen molar-refractivity contribution in [2.24, 2.45) is 5.10 Å². The van der Waals surface area contributed by atoms with E-state index in [0.29, 0.717) is 26.3 Å². The molecular weight excluding hydrogens is 486 g/mol. The van der Waals surface area contributed by atoms with Crippen LogP contribution in [0.2, 0.25) is 5.02 Å². The van der Waals surface area contributed by atoms with Gasteiger partial charge >= 0.3 is 17.8 Å². The molecule has 0 heterocycles. The second-order valence-corrected chi connectivity index (χ2v) is 7.36. The minimum absolute atomic E-state index is 0.240. The molecule has 0 aliphatic heterocycles. The third-order valence-electron chi connectivity index (χ3n) is 3.87. The molecule has 0 saturated heterocycles. The molecule has 0 atom stereocenters. The molecule has 0 spiro atoms. The Hall–Kier alpha value is -3.49. The van der Waals surface area contributed by atoms with Crippen molar-refractivity contribution in [1.82, 2.24) is 5.43 Å². The number of amides is 2. The Bertz CT molecular complexity index is 1170. The van der Waals surface area contributed by atoms with Gasteiger partial charge in [0.05, 0.1) is 11.8 Å². The topological polar surface area (TPSA) is 96.9 Å². The van der Waals surface area contributed by atoms with Crippen molar-refractivity contribution >= 4 is 57.2 Å². The molecule has 3 rings (SSSR count). The molecule has 0 aliphatic rings. The summed E-state index contributed by atoms with van der Waals surface area (Å²) in [6.07, 6.45) is 1.27. The maximum absolute atomic E-state index is 12.4. The Balaban J connectivity index is 1.63. The zero-order valence-electron chi connectivity index (χ0n) is 15.8. The lowest BCUT2D eigenvalue weighted by Crippen LogP contribution is -2.32. The third kappa shape index (κ3) is 6.24. The minimum atomic E-state index is -0.973. The Kier molecular flexibility index (Phi) is 7.53. The van der Waals surface area contributed by atoms with Gasteiger partial charge in [-0.3, -0.25) is 9.59 Å². The summed E-state index contributed by atoms with van der Waals surface area (Å²) in [6.45, 7) is 0. The van der Waals surface area contributed by atoms with Gasteiger partial charge in [0.2, 0.25) is 0 Å². The van der Waals surface area contributed by atoms with Crippen molar-refractivity contribution in [2.45, 2.75) is 0 Å². The Morgan fingerprint density at radius 2 is 1.68 bits per heavy atom. The summed E-state index contributed by atoms with van der Waals surface area (Å²) in [5.41, 5.74) is 3.29. The fourth-order valence-corrected chi connectivity index (χ4v) is 3.06. The molecule has 2 N–H and O–H groups in total. The molecule has 0 bridgehead atoms. The van der Waals surface area contributed by atoms with Gasteiger partial charge in [-0.1, -0.05) is 41.9 Å². The van der Waals surface area contributed by atoms with Crippen LogP contribution in [0.15, 0.2) is 82.4 Å². The second kappa shape index (κ2) is 10.5. The number of ether oxygens (including phenoxy) is 1. The SMILES string of the molecule is O=C(N/N=C/c1ccccc1OC(=O)c1ccccc1Br)C(=O)Nc1cccc(Cl)c1. The van der Waals surface area contributed by atoms with Crippen LogP contribution in [0, 0.1) is 0 Å². The van der Waals surface area contributed by atoms with E-state index in [1.165, 1.54) is 12.3 Å². The largest absolute Gasteiger partial charge is 0.422 e. The highest BCUT2D eigenvalue weighted by Gasteiger charge is 2.15. The molecule has 2 amide bonds. The number of hydrogen-bond acceptors (Lipinski definition) is 5. The number of hydrogen-bond donors (Lipinski definition) is 2. The van der Waals surface area contributed by atoms with Crippen LogP contribution >= 0.6 is 27.5 Å². The smallest absolute Gasteiger partial charge is 0.344 e. The molecule has 0 radical (unpaired) electrons. The van der Waals surface area contributed by atoms with Gasteiger partial charge in [0.25, 0.3) is 0 Å². The van der Waals surface area contributed by atoms with Gasteiger partial charge in [-0.25, -0.2) is 10.2 Å². The van der Waals surface area contributed by atoms with Crippen molar-refractivity contribution in [1.29, 1.82) is 0 Å². The van der Waals surface area contributed by atoms with E-state index in [1.807, 2.05) is 0 Å². The van der Waals surface area contributed by atoms with Crippen LogP contribution in [0.5, 0.6) is 5.75 Å². The number of nitrogens with one attached hydrogen (secondary N) is 2. The molecule has 0 aliphatic carbocycles. The van der Waals surface area contributed by atoms with E-state index in [1.54, 1.807) is 66.7 Å². The summed E-state index contributed by atoms with van der Waals surface area (Å²) in [7, 11) is 0. The number of benzene rings is 3. The number of carbonyl (C=O) groups excluding carboxylic acids is 3. The highest BCUT2D eigenvalue weighted by Crippen LogP contribution is 2.21. The lowest BCUT2D eigenvalue weighted by atomic mass is 10.2. The van der Waals surface area contributed by atoms with E-state index in [4.69, 9.17) is 16.3 Å². The van der Waals surface area contributed by atoms with Gasteiger partial charge in [-0.15, -0.1) is 0 Å². The van der Waals surface area contributed by atoms with Crippen LogP contribution in [0.25, 0.3) is 0 Å². The third-order valence-corrected chi connectivity index (χ3v) is 4.80. The lowest BCUT2D eigenvalue weighted by molar-refractivity contribution is -0.136. The molecule has 9 heteroatoms. The fraction of sp³-hybridized carbons (Fsp3) is 0. The van der Waals surface area contributed by atoms with Crippen molar-refractivity contribution in [2.75, 3.05) is 5.32 Å². The van der Waals surface area contributed by atoms with E-state index in [-0.39, 0.29) is 5.75 Å². The fourth-order valence-electron chi connectivity index (χ4n) is 2.43. The highest BCUT2D eigenvalue weighted by atomic mass is 79.9. The Labute approximate surface area is 191 Å². The van der Waals surface area contributed by atoms with Crippen LogP contribution in [-0.2, 0) is 9.59 Å². The maximum atomic E-state index is 12.4. The van der Waals surface area contributed by atoms with Crippen LogP contribution in [0.1, 0.15) is 15.9 Å². The van der Waals surface area contributed by atoms with E-state index >= 15 is 0 Å². The number of nitrogens with zero attached hydrogens (tertiary/aromatic N) is 1. The summed E-state index contributed by atoms with van der Waals surface area (Å²) in [5, 5.41) is 6.60. The number of esters is 1. The number of para-hydroxylation sites is 1. The van der Waals surface area contributed by atoms with Crippen molar-refractivity contribution in [3.63, 3.8) is 0 Å². The monoisotopic (exact) mass is 499 g/mol. The van der Waals surface area contributed by atoms with E-state index < -0.39 is 17.8 Å². The van der Waals surface area contributed by atoms with Gasteiger partial charge in [0.15, 0.2) is 0 Å². The number of hydrazone groups is 1. The van der Waals surface area contributed by atoms with Crippen LogP contribution in [0.4, 0.5) is 5.69 Å². The molecule has 0 fully saturated rings. The summed E-state index contributed by atoms with van der Waals surface area (Å²) in [5.74, 6) is -2.20.